The molecule has 1 aromatic heterocycles. The van der Waals surface area contributed by atoms with Crippen molar-refractivity contribution in [3.63, 3.8) is 0 Å². The van der Waals surface area contributed by atoms with Crippen LogP contribution < -0.4 is 10.6 Å². The van der Waals surface area contributed by atoms with Crippen LogP contribution in [-0.4, -0.2) is 55.1 Å². The van der Waals surface area contributed by atoms with Crippen molar-refractivity contribution in [1.29, 1.82) is 0 Å². The van der Waals surface area contributed by atoms with Gasteiger partial charge in [-0.05, 0) is 19.0 Å². The van der Waals surface area contributed by atoms with Gasteiger partial charge in [-0.15, -0.1) is 11.3 Å². The summed E-state index contributed by atoms with van der Waals surface area (Å²) in [4.78, 5) is 19.0. The number of carbonyl (C=O) groups excluding carboxylic acids is 1. The van der Waals surface area contributed by atoms with Gasteiger partial charge in [-0.25, -0.2) is 4.98 Å². The molecule has 2 N–H and O–H groups in total. The Morgan fingerprint density at radius 1 is 1.33 bits per heavy atom. The number of benzene rings is 1. The van der Waals surface area contributed by atoms with Gasteiger partial charge in [-0.2, -0.15) is 0 Å². The fraction of sp³-hybridized carbons (Fsp3) is 0.412. The number of hydrogen-bond acceptors (Lipinski definition) is 5. The van der Waals surface area contributed by atoms with Gasteiger partial charge in [-0.1, -0.05) is 29.8 Å². The molecular weight excluding hydrogens is 344 g/mol. The van der Waals surface area contributed by atoms with Crippen LogP contribution in [0.4, 0.5) is 0 Å². The van der Waals surface area contributed by atoms with Gasteiger partial charge in [0.05, 0.1) is 5.02 Å². The number of nitrogens with zero attached hydrogens (tertiary/aromatic N) is 2. The van der Waals surface area contributed by atoms with E-state index in [9.17, 15) is 4.79 Å². The highest BCUT2D eigenvalue weighted by atomic mass is 35.5. The molecule has 1 aliphatic rings. The molecule has 1 amide bonds. The van der Waals surface area contributed by atoms with E-state index < -0.39 is 0 Å². The topological polar surface area (TPSA) is 57.3 Å². The van der Waals surface area contributed by atoms with Crippen molar-refractivity contribution in [2.24, 2.45) is 0 Å². The standard InChI is InChI=1S/C17H21ClN4OS/c18-14-5-2-1-4-13(14)17-21-15(12-24-17)16(23)20-6-3-9-22-10-7-19-8-11-22/h1-2,4-5,12,19H,3,6-11H2,(H,20,23). The summed E-state index contributed by atoms with van der Waals surface area (Å²) in [6.45, 7) is 5.96. The molecule has 2 heterocycles. The van der Waals surface area contributed by atoms with Crippen LogP contribution in [0.1, 0.15) is 16.9 Å². The first-order chi connectivity index (χ1) is 11.7. The van der Waals surface area contributed by atoms with E-state index in [-0.39, 0.29) is 5.91 Å². The highest BCUT2D eigenvalue weighted by Gasteiger charge is 2.13. The molecule has 1 fully saturated rings. The molecule has 128 valence electrons. The number of aromatic nitrogens is 1. The molecule has 7 heteroatoms. The van der Waals surface area contributed by atoms with Crippen LogP contribution in [0.15, 0.2) is 29.6 Å². The molecule has 0 bridgehead atoms. The van der Waals surface area contributed by atoms with Crippen LogP contribution in [0, 0.1) is 0 Å². The molecule has 0 unspecified atom stereocenters. The third-order valence-electron chi connectivity index (χ3n) is 3.99. The lowest BCUT2D eigenvalue weighted by molar-refractivity contribution is 0.0947. The average molecular weight is 365 g/mol. The van der Waals surface area contributed by atoms with Crippen molar-refractivity contribution in [3.05, 3.63) is 40.4 Å². The molecule has 1 aliphatic heterocycles. The van der Waals surface area contributed by atoms with E-state index in [0.29, 0.717) is 17.3 Å². The number of rotatable bonds is 6. The number of carbonyl (C=O) groups is 1. The first-order valence-corrected chi connectivity index (χ1v) is 9.41. The predicted octanol–water partition coefficient (Wildman–Crippen LogP) is 2.49. The molecule has 5 nitrogen and oxygen atoms in total. The Morgan fingerprint density at radius 2 is 2.12 bits per heavy atom. The van der Waals surface area contributed by atoms with Gasteiger partial charge < -0.3 is 15.5 Å². The smallest absolute Gasteiger partial charge is 0.270 e. The molecule has 1 saturated heterocycles. The quantitative estimate of drug-likeness (QED) is 0.773. The minimum absolute atomic E-state index is 0.120. The van der Waals surface area contributed by atoms with E-state index in [1.807, 2.05) is 24.3 Å². The van der Waals surface area contributed by atoms with Crippen LogP contribution in [0.3, 0.4) is 0 Å². The van der Waals surface area contributed by atoms with Gasteiger partial charge in [0.25, 0.3) is 5.91 Å². The van der Waals surface area contributed by atoms with Crippen LogP contribution in [-0.2, 0) is 0 Å². The molecule has 2 aromatic rings. The lowest BCUT2D eigenvalue weighted by atomic mass is 10.2. The van der Waals surface area contributed by atoms with E-state index in [1.54, 1.807) is 5.38 Å². The molecule has 24 heavy (non-hydrogen) atoms. The van der Waals surface area contributed by atoms with Crippen LogP contribution >= 0.6 is 22.9 Å². The molecular formula is C17H21ClN4OS. The summed E-state index contributed by atoms with van der Waals surface area (Å²) in [7, 11) is 0. The summed E-state index contributed by atoms with van der Waals surface area (Å²) in [6.07, 6.45) is 0.952. The third kappa shape index (κ3) is 4.54. The van der Waals surface area contributed by atoms with Crippen LogP contribution in [0.5, 0.6) is 0 Å². The Morgan fingerprint density at radius 3 is 2.92 bits per heavy atom. The minimum atomic E-state index is -0.120. The van der Waals surface area contributed by atoms with E-state index in [4.69, 9.17) is 11.6 Å². The van der Waals surface area contributed by atoms with E-state index >= 15 is 0 Å². The molecule has 0 saturated carbocycles. The zero-order valence-corrected chi connectivity index (χ0v) is 15.0. The number of amides is 1. The van der Waals surface area contributed by atoms with Crippen molar-refractivity contribution < 1.29 is 4.79 Å². The van der Waals surface area contributed by atoms with Crippen molar-refractivity contribution in [2.75, 3.05) is 39.3 Å². The summed E-state index contributed by atoms with van der Waals surface area (Å²) in [5.41, 5.74) is 1.32. The lowest BCUT2D eigenvalue weighted by Crippen LogP contribution is -2.44. The van der Waals surface area contributed by atoms with Crippen molar-refractivity contribution >= 4 is 28.8 Å². The maximum atomic E-state index is 12.2. The van der Waals surface area contributed by atoms with Crippen LogP contribution in [0.25, 0.3) is 10.6 Å². The van der Waals surface area contributed by atoms with E-state index in [1.165, 1.54) is 11.3 Å². The lowest BCUT2D eigenvalue weighted by Gasteiger charge is -2.26. The molecule has 0 spiro atoms. The summed E-state index contributed by atoms with van der Waals surface area (Å²) < 4.78 is 0. The fourth-order valence-electron chi connectivity index (χ4n) is 2.67. The molecule has 3 rings (SSSR count). The van der Waals surface area contributed by atoms with Gasteiger partial charge in [0.1, 0.15) is 10.7 Å². The largest absolute Gasteiger partial charge is 0.351 e. The first-order valence-electron chi connectivity index (χ1n) is 8.16. The normalized spacial score (nSPS) is 15.4. The van der Waals surface area contributed by atoms with Gasteiger partial charge in [0, 0.05) is 43.7 Å². The van der Waals surface area contributed by atoms with Crippen molar-refractivity contribution in [3.8, 4) is 10.6 Å². The Kier molecular flexibility index (Phi) is 6.20. The zero-order chi connectivity index (χ0) is 16.8. The number of nitrogens with one attached hydrogen (secondary N) is 2. The van der Waals surface area contributed by atoms with Gasteiger partial charge >= 0.3 is 0 Å². The van der Waals surface area contributed by atoms with Crippen LogP contribution in [0.2, 0.25) is 5.02 Å². The highest BCUT2D eigenvalue weighted by molar-refractivity contribution is 7.13. The predicted molar refractivity (Wildman–Crippen MR) is 98.8 cm³/mol. The number of hydrogen-bond donors (Lipinski definition) is 2. The summed E-state index contributed by atoms with van der Waals surface area (Å²) >= 11 is 7.62. The van der Waals surface area contributed by atoms with Gasteiger partial charge in [0.15, 0.2) is 0 Å². The SMILES string of the molecule is O=C(NCCCN1CCNCC1)c1csc(-c2ccccc2Cl)n1. The monoisotopic (exact) mass is 364 g/mol. The second-order valence-electron chi connectivity index (χ2n) is 5.72. The maximum Gasteiger partial charge on any atom is 0.270 e. The Balaban J connectivity index is 1.48. The third-order valence-corrected chi connectivity index (χ3v) is 5.19. The fourth-order valence-corrected chi connectivity index (χ4v) is 3.79. The zero-order valence-electron chi connectivity index (χ0n) is 13.4. The Hall–Kier alpha value is -1.47. The maximum absolute atomic E-state index is 12.2. The van der Waals surface area contributed by atoms with Crippen molar-refractivity contribution in [1.82, 2.24) is 20.5 Å². The average Bonchev–Trinajstić information content (AvgIpc) is 3.10. The second-order valence-corrected chi connectivity index (χ2v) is 6.98. The molecule has 0 aliphatic carbocycles. The number of thiazole rings is 1. The minimum Gasteiger partial charge on any atom is -0.351 e. The summed E-state index contributed by atoms with van der Waals surface area (Å²) in [5.74, 6) is -0.120. The molecule has 0 atom stereocenters. The van der Waals surface area contributed by atoms with Gasteiger partial charge in [0.2, 0.25) is 0 Å². The van der Waals surface area contributed by atoms with E-state index in [2.05, 4.69) is 20.5 Å². The Labute approximate surface area is 151 Å². The highest BCUT2D eigenvalue weighted by Crippen LogP contribution is 2.29. The second kappa shape index (κ2) is 8.58. The molecule has 1 aromatic carbocycles. The molecule has 0 radical (unpaired) electrons. The van der Waals surface area contributed by atoms with E-state index in [0.717, 1.165) is 49.7 Å². The number of piperazine rings is 1. The number of halogens is 1. The van der Waals surface area contributed by atoms with Crippen molar-refractivity contribution in [2.45, 2.75) is 6.42 Å². The van der Waals surface area contributed by atoms with Gasteiger partial charge in [-0.3, -0.25) is 4.79 Å². The first kappa shape index (κ1) is 17.4. The summed E-state index contributed by atoms with van der Waals surface area (Å²) in [5, 5.41) is 9.48. The Bertz CT molecular complexity index is 685. The summed E-state index contributed by atoms with van der Waals surface area (Å²) in [6, 6.07) is 7.54.